The van der Waals surface area contributed by atoms with Crippen LogP contribution in [-0.4, -0.2) is 97.0 Å². The summed E-state index contributed by atoms with van der Waals surface area (Å²) in [5, 5.41) is 22.3. The Balaban J connectivity index is 0.946. The molecule has 3 heterocycles. The van der Waals surface area contributed by atoms with Crippen LogP contribution in [0.25, 0.3) is 0 Å². The molecule has 2 atom stereocenters. The van der Waals surface area contributed by atoms with E-state index < -0.39 is 11.6 Å². The van der Waals surface area contributed by atoms with E-state index in [1.54, 1.807) is 0 Å². The first-order chi connectivity index (χ1) is 27.1. The number of piperidine rings is 2. The Morgan fingerprint density at radius 1 is 0.571 bits per heavy atom. The Bertz CT molecular complexity index is 1790. The summed E-state index contributed by atoms with van der Waals surface area (Å²) >= 11 is 0. The van der Waals surface area contributed by atoms with Crippen LogP contribution in [-0.2, 0) is 43.0 Å². The molecule has 56 heavy (non-hydrogen) atoms. The second-order valence-electron chi connectivity index (χ2n) is 15.4. The van der Waals surface area contributed by atoms with Crippen LogP contribution in [0.5, 0.6) is 11.5 Å². The van der Waals surface area contributed by atoms with Gasteiger partial charge < -0.3 is 50.4 Å². The van der Waals surface area contributed by atoms with Gasteiger partial charge in [0.2, 0.25) is 24.4 Å². The van der Waals surface area contributed by atoms with Gasteiger partial charge in [0.1, 0.15) is 37.9 Å². The predicted octanol–water partition coefficient (Wildman–Crippen LogP) is 3.56. The molecule has 0 bridgehead atoms. The maximum Gasteiger partial charge on any atom is 0.225 e. The van der Waals surface area contributed by atoms with Crippen molar-refractivity contribution < 1.29 is 38.7 Å². The largest absolute Gasteiger partial charge is 0.488 e. The Morgan fingerprint density at radius 3 is 1.27 bits per heavy atom. The zero-order valence-corrected chi connectivity index (χ0v) is 31.7. The maximum atomic E-state index is 11.5. The van der Waals surface area contributed by atoms with Crippen LogP contribution in [0.1, 0.15) is 59.1 Å². The van der Waals surface area contributed by atoms with Crippen LogP contribution in [0, 0.1) is 0 Å². The molecule has 4 aromatic rings. The summed E-state index contributed by atoms with van der Waals surface area (Å²) in [5.74, 6) is -2.49. The molecule has 0 aromatic heterocycles. The first-order valence-electron chi connectivity index (χ1n) is 19.3. The molecule has 4 aromatic carbocycles. The van der Waals surface area contributed by atoms with E-state index in [-0.39, 0.29) is 37.3 Å². The van der Waals surface area contributed by atoms with Crippen molar-refractivity contribution in [3.63, 3.8) is 0 Å². The molecular formula is C44H52N4O8. The zero-order valence-electron chi connectivity index (χ0n) is 31.7. The van der Waals surface area contributed by atoms with Crippen LogP contribution >= 0.6 is 0 Å². The summed E-state index contributed by atoms with van der Waals surface area (Å²) in [4.78, 5) is 26.6. The van der Waals surface area contributed by atoms with Gasteiger partial charge >= 0.3 is 0 Å². The van der Waals surface area contributed by atoms with Crippen LogP contribution < -0.4 is 20.9 Å². The topological polar surface area (TPSA) is 170 Å². The summed E-state index contributed by atoms with van der Waals surface area (Å²) in [6, 6.07) is 32.2. The number of hydrogen-bond donors (Lipinski definition) is 4. The molecule has 3 fully saturated rings. The molecule has 0 unspecified atom stereocenters. The average Bonchev–Trinajstić information content (AvgIpc) is 3.26. The van der Waals surface area contributed by atoms with Crippen molar-refractivity contribution in [2.75, 3.05) is 52.6 Å². The van der Waals surface area contributed by atoms with Gasteiger partial charge in [-0.25, -0.2) is 0 Å². The van der Waals surface area contributed by atoms with Crippen molar-refractivity contribution in [3.8, 4) is 11.5 Å². The number of carbonyl (C=O) groups excluding carboxylic acids is 2. The molecule has 2 amide bonds. The summed E-state index contributed by atoms with van der Waals surface area (Å²) in [5.41, 5.74) is 18.0. The molecule has 296 valence electrons. The lowest BCUT2D eigenvalue weighted by Gasteiger charge is -2.42. The number of nitrogens with two attached hydrogens (primary N) is 2. The molecular weight excluding hydrogens is 713 g/mol. The number of amides is 2. The lowest BCUT2D eigenvalue weighted by atomic mass is 9.68. The number of nitrogens with zero attached hydrogens (tertiary/aromatic N) is 2. The summed E-state index contributed by atoms with van der Waals surface area (Å²) in [6.07, 6.45) is 4.92. The first-order valence-corrected chi connectivity index (χ1v) is 19.3. The van der Waals surface area contributed by atoms with E-state index in [0.29, 0.717) is 50.8 Å². The van der Waals surface area contributed by atoms with Gasteiger partial charge in [-0.1, -0.05) is 72.8 Å². The SMILES string of the molecule is NCc1cccc(C2(c3ccc(OC[C@]4(O)CO[C@](O)(COc5ccc(C6(c7cccc(CN)c7)CCN(C=O)CC6)cc5)CO4)cc3)CCN(C=O)CC2)c1. The summed E-state index contributed by atoms with van der Waals surface area (Å²) in [7, 11) is 0. The molecule has 3 aliphatic heterocycles. The molecule has 12 nitrogen and oxygen atoms in total. The van der Waals surface area contributed by atoms with Crippen molar-refractivity contribution in [1.82, 2.24) is 9.80 Å². The normalized spacial score (nSPS) is 23.3. The van der Waals surface area contributed by atoms with Crippen molar-refractivity contribution in [1.29, 1.82) is 0 Å². The Hall–Kier alpha value is -4.82. The van der Waals surface area contributed by atoms with E-state index in [4.69, 9.17) is 30.4 Å². The second-order valence-corrected chi connectivity index (χ2v) is 15.4. The minimum atomic E-state index is -1.78. The van der Waals surface area contributed by atoms with E-state index >= 15 is 0 Å². The van der Waals surface area contributed by atoms with Crippen LogP contribution in [0.2, 0.25) is 0 Å². The van der Waals surface area contributed by atoms with Gasteiger partial charge in [-0.3, -0.25) is 9.59 Å². The maximum absolute atomic E-state index is 11.5. The molecule has 6 N–H and O–H groups in total. The third kappa shape index (κ3) is 8.31. The number of carbonyl (C=O) groups is 2. The highest BCUT2D eigenvalue weighted by atomic mass is 16.7. The van der Waals surface area contributed by atoms with Crippen molar-refractivity contribution in [2.24, 2.45) is 11.5 Å². The molecule has 3 aliphatic rings. The van der Waals surface area contributed by atoms with Gasteiger partial charge in [0.25, 0.3) is 0 Å². The van der Waals surface area contributed by atoms with Crippen LogP contribution in [0.3, 0.4) is 0 Å². The lowest BCUT2D eigenvalue weighted by molar-refractivity contribution is -0.374. The molecule has 0 radical (unpaired) electrons. The van der Waals surface area contributed by atoms with Gasteiger partial charge in [0.15, 0.2) is 0 Å². The summed E-state index contributed by atoms with van der Waals surface area (Å²) in [6.45, 7) is 2.39. The van der Waals surface area contributed by atoms with E-state index in [0.717, 1.165) is 60.8 Å². The molecule has 12 heteroatoms. The highest BCUT2D eigenvalue weighted by Crippen LogP contribution is 2.44. The van der Waals surface area contributed by atoms with Crippen LogP contribution in [0.4, 0.5) is 0 Å². The van der Waals surface area contributed by atoms with E-state index in [9.17, 15) is 19.8 Å². The highest BCUT2D eigenvalue weighted by Gasteiger charge is 2.45. The number of benzene rings is 4. The van der Waals surface area contributed by atoms with E-state index in [1.165, 1.54) is 11.1 Å². The second kappa shape index (κ2) is 16.7. The van der Waals surface area contributed by atoms with Gasteiger partial charge in [-0.2, -0.15) is 0 Å². The Morgan fingerprint density at radius 2 is 0.946 bits per heavy atom. The molecule has 0 spiro atoms. The number of aliphatic hydroxyl groups is 2. The predicted molar refractivity (Wildman–Crippen MR) is 210 cm³/mol. The number of rotatable bonds is 14. The Labute approximate surface area is 327 Å². The Kier molecular flexibility index (Phi) is 11.8. The average molecular weight is 765 g/mol. The minimum Gasteiger partial charge on any atom is -0.488 e. The van der Waals surface area contributed by atoms with Gasteiger partial charge in [-0.05, 0) is 83.3 Å². The third-order valence-electron chi connectivity index (χ3n) is 11.9. The fourth-order valence-electron chi connectivity index (χ4n) is 8.38. The monoisotopic (exact) mass is 764 g/mol. The molecule has 0 saturated carbocycles. The standard InChI is InChI=1S/C44H52N4O8/c45-25-33-3-1-5-37(23-33)41(15-19-47(31-49)20-16-41)35-7-11-39(12-8-35)53-27-43(51)29-56-44(52,30-55-43)28-54-40-13-9-36(10-14-40)42(17-21-48(32-50)22-18-42)38-6-2-4-34(24-38)26-46/h1-14,23-24,31-32,51-52H,15-22,25-30,45-46H2/t43-,44-/m1/s1. The zero-order chi connectivity index (χ0) is 39.2. The van der Waals surface area contributed by atoms with Crippen molar-refractivity contribution >= 4 is 12.8 Å². The fourth-order valence-corrected chi connectivity index (χ4v) is 8.38. The summed E-state index contributed by atoms with van der Waals surface area (Å²) < 4.78 is 23.4. The van der Waals surface area contributed by atoms with E-state index in [1.807, 2.05) is 82.6 Å². The third-order valence-corrected chi connectivity index (χ3v) is 11.9. The van der Waals surface area contributed by atoms with E-state index in [2.05, 4.69) is 24.3 Å². The quantitative estimate of drug-likeness (QED) is 0.139. The number of ether oxygens (including phenoxy) is 4. The van der Waals surface area contributed by atoms with Crippen molar-refractivity contribution in [3.05, 3.63) is 130 Å². The van der Waals surface area contributed by atoms with Crippen LogP contribution in [0.15, 0.2) is 97.1 Å². The smallest absolute Gasteiger partial charge is 0.225 e. The molecule has 3 saturated heterocycles. The first kappa shape index (κ1) is 39.4. The molecule has 0 aliphatic carbocycles. The number of likely N-dealkylation sites (tertiary alicyclic amines) is 2. The number of hydrogen-bond acceptors (Lipinski definition) is 10. The van der Waals surface area contributed by atoms with Gasteiger partial charge in [-0.15, -0.1) is 0 Å². The minimum absolute atomic E-state index is 0.219. The van der Waals surface area contributed by atoms with Gasteiger partial charge in [0, 0.05) is 50.1 Å². The fraction of sp³-hybridized carbons (Fsp3) is 0.409. The highest BCUT2D eigenvalue weighted by molar-refractivity contribution is 5.51. The lowest BCUT2D eigenvalue weighted by Crippen LogP contribution is -2.58. The van der Waals surface area contributed by atoms with Gasteiger partial charge in [0.05, 0.1) is 0 Å². The van der Waals surface area contributed by atoms with Crippen molar-refractivity contribution in [2.45, 2.75) is 61.2 Å². The molecule has 7 rings (SSSR count).